The van der Waals surface area contributed by atoms with E-state index in [0.717, 1.165) is 3.57 Å². The van der Waals surface area contributed by atoms with Gasteiger partial charge in [0, 0.05) is 10.6 Å². The Hall–Kier alpha value is -1.45. The number of nitrogens with zero attached hydrogens (tertiary/aromatic N) is 1. The van der Waals surface area contributed by atoms with Gasteiger partial charge in [0.2, 0.25) is 10.0 Å². The molecule has 1 amide bonds. The number of carbonyl (C=O) groups excluding carboxylic acids is 1. The number of halogens is 1. The van der Waals surface area contributed by atoms with Crippen molar-refractivity contribution < 1.29 is 13.2 Å². The lowest BCUT2D eigenvalue weighted by Gasteiger charge is -2.26. The lowest BCUT2D eigenvalue weighted by molar-refractivity contribution is 0.0741. The van der Waals surface area contributed by atoms with Gasteiger partial charge in [0.15, 0.2) is 0 Å². The minimum absolute atomic E-state index is 0.0389. The second-order valence-electron chi connectivity index (χ2n) is 5.19. The standard InChI is InChI=1S/C16H17IN2O3S/c1-11(12-6-5-7-13(10-12)23(18,21)22)19(2)16(20)14-8-3-4-9-15(14)17/h3-11H,1-2H3,(H2,18,21,22). The number of nitrogens with two attached hydrogens (primary N) is 1. The molecular weight excluding hydrogens is 427 g/mol. The van der Waals surface area contributed by atoms with Crippen molar-refractivity contribution in [2.45, 2.75) is 17.9 Å². The van der Waals surface area contributed by atoms with Crippen LogP contribution in [0.5, 0.6) is 0 Å². The molecule has 1 unspecified atom stereocenters. The lowest BCUT2D eigenvalue weighted by atomic mass is 10.1. The van der Waals surface area contributed by atoms with Gasteiger partial charge in [-0.15, -0.1) is 0 Å². The van der Waals surface area contributed by atoms with Crippen LogP contribution >= 0.6 is 22.6 Å². The van der Waals surface area contributed by atoms with Gasteiger partial charge in [-0.1, -0.05) is 24.3 Å². The normalized spacial score (nSPS) is 12.7. The SMILES string of the molecule is CC(c1cccc(S(N)(=O)=O)c1)N(C)C(=O)c1ccccc1I. The zero-order valence-electron chi connectivity index (χ0n) is 12.7. The van der Waals surface area contributed by atoms with E-state index in [1.165, 1.54) is 12.1 Å². The number of primary sulfonamides is 1. The summed E-state index contributed by atoms with van der Waals surface area (Å²) >= 11 is 2.12. The summed E-state index contributed by atoms with van der Waals surface area (Å²) in [6.07, 6.45) is 0. The number of carbonyl (C=O) groups is 1. The van der Waals surface area contributed by atoms with Gasteiger partial charge in [0.1, 0.15) is 0 Å². The molecule has 5 nitrogen and oxygen atoms in total. The molecule has 0 aliphatic heterocycles. The van der Waals surface area contributed by atoms with Crippen LogP contribution in [0.25, 0.3) is 0 Å². The van der Waals surface area contributed by atoms with Crippen molar-refractivity contribution in [2.75, 3.05) is 7.05 Å². The van der Waals surface area contributed by atoms with Gasteiger partial charge in [0.25, 0.3) is 5.91 Å². The summed E-state index contributed by atoms with van der Waals surface area (Å²) in [6.45, 7) is 1.84. The Kier molecular flexibility index (Phi) is 5.43. The topological polar surface area (TPSA) is 80.5 Å². The molecule has 23 heavy (non-hydrogen) atoms. The number of rotatable bonds is 4. The summed E-state index contributed by atoms with van der Waals surface area (Å²) in [4.78, 5) is 14.3. The molecule has 122 valence electrons. The Morgan fingerprint density at radius 2 is 1.83 bits per heavy atom. The molecule has 0 heterocycles. The molecule has 7 heteroatoms. The van der Waals surface area contributed by atoms with Gasteiger partial charge in [-0.3, -0.25) is 4.79 Å². The van der Waals surface area contributed by atoms with Crippen molar-refractivity contribution in [3.63, 3.8) is 0 Å². The largest absolute Gasteiger partial charge is 0.335 e. The molecule has 0 aliphatic carbocycles. The predicted molar refractivity (Wildman–Crippen MR) is 97.5 cm³/mol. The third kappa shape index (κ3) is 4.10. The van der Waals surface area contributed by atoms with Crippen molar-refractivity contribution in [2.24, 2.45) is 5.14 Å². The van der Waals surface area contributed by atoms with Gasteiger partial charge in [-0.2, -0.15) is 0 Å². The van der Waals surface area contributed by atoms with Crippen LogP contribution in [0.2, 0.25) is 0 Å². The molecule has 2 aromatic rings. The Morgan fingerprint density at radius 1 is 1.17 bits per heavy atom. The van der Waals surface area contributed by atoms with Gasteiger partial charge in [-0.25, -0.2) is 13.6 Å². The van der Waals surface area contributed by atoms with E-state index < -0.39 is 10.0 Å². The maximum atomic E-state index is 12.6. The van der Waals surface area contributed by atoms with Gasteiger partial charge < -0.3 is 4.90 Å². The quantitative estimate of drug-likeness (QED) is 0.737. The highest BCUT2D eigenvalue weighted by Gasteiger charge is 2.21. The second-order valence-corrected chi connectivity index (χ2v) is 7.91. The molecular formula is C16H17IN2O3S. The first kappa shape index (κ1) is 17.9. The van der Waals surface area contributed by atoms with Crippen LogP contribution in [-0.4, -0.2) is 26.3 Å². The molecule has 0 aromatic heterocycles. The molecule has 0 saturated carbocycles. The van der Waals surface area contributed by atoms with Crippen molar-refractivity contribution in [3.05, 3.63) is 63.2 Å². The summed E-state index contributed by atoms with van der Waals surface area (Å²) in [5.41, 5.74) is 1.32. The van der Waals surface area contributed by atoms with Crippen LogP contribution < -0.4 is 5.14 Å². The Morgan fingerprint density at radius 3 is 2.43 bits per heavy atom. The number of benzene rings is 2. The fourth-order valence-electron chi connectivity index (χ4n) is 2.18. The van der Waals surface area contributed by atoms with Crippen LogP contribution in [-0.2, 0) is 10.0 Å². The fraction of sp³-hybridized carbons (Fsp3) is 0.188. The first-order chi connectivity index (χ1) is 10.7. The molecule has 0 saturated heterocycles. The lowest BCUT2D eigenvalue weighted by Crippen LogP contribution is -2.30. The third-order valence-electron chi connectivity index (χ3n) is 3.67. The summed E-state index contributed by atoms with van der Waals surface area (Å²) in [5.74, 6) is -0.122. The van der Waals surface area contributed by atoms with Gasteiger partial charge in [-0.05, 0) is 59.3 Å². The molecule has 2 rings (SSSR count). The maximum Gasteiger partial charge on any atom is 0.255 e. The summed E-state index contributed by atoms with van der Waals surface area (Å²) in [6, 6.07) is 13.4. The van der Waals surface area contributed by atoms with E-state index in [-0.39, 0.29) is 16.8 Å². The van der Waals surface area contributed by atoms with E-state index in [9.17, 15) is 13.2 Å². The van der Waals surface area contributed by atoms with Crippen molar-refractivity contribution >= 4 is 38.5 Å². The first-order valence-corrected chi connectivity index (χ1v) is 9.49. The summed E-state index contributed by atoms with van der Waals surface area (Å²) < 4.78 is 23.8. The molecule has 2 N–H and O–H groups in total. The van der Waals surface area contributed by atoms with E-state index in [2.05, 4.69) is 22.6 Å². The first-order valence-electron chi connectivity index (χ1n) is 6.86. The Balaban J connectivity index is 2.32. The van der Waals surface area contributed by atoms with Gasteiger partial charge >= 0.3 is 0 Å². The fourth-order valence-corrected chi connectivity index (χ4v) is 3.36. The highest BCUT2D eigenvalue weighted by molar-refractivity contribution is 14.1. The minimum Gasteiger partial charge on any atom is -0.335 e. The zero-order valence-corrected chi connectivity index (χ0v) is 15.7. The van der Waals surface area contributed by atoms with Crippen LogP contribution in [0.4, 0.5) is 0 Å². The van der Waals surface area contributed by atoms with Crippen molar-refractivity contribution in [1.82, 2.24) is 4.90 Å². The Bertz CT molecular complexity index is 837. The molecule has 0 aliphatic rings. The van der Waals surface area contributed by atoms with Crippen LogP contribution in [0.15, 0.2) is 53.4 Å². The van der Waals surface area contributed by atoms with Gasteiger partial charge in [0.05, 0.1) is 16.5 Å². The molecule has 0 radical (unpaired) electrons. The third-order valence-corrected chi connectivity index (χ3v) is 5.53. The predicted octanol–water partition coefficient (Wildman–Crippen LogP) is 2.77. The molecule has 0 fully saturated rings. The van der Waals surface area contributed by atoms with E-state index in [0.29, 0.717) is 11.1 Å². The maximum absolute atomic E-state index is 12.6. The highest BCUT2D eigenvalue weighted by atomic mass is 127. The number of hydrogen-bond donors (Lipinski definition) is 1. The van der Waals surface area contributed by atoms with Crippen molar-refractivity contribution in [1.29, 1.82) is 0 Å². The van der Waals surface area contributed by atoms with Crippen molar-refractivity contribution in [3.8, 4) is 0 Å². The zero-order chi connectivity index (χ0) is 17.2. The number of sulfonamides is 1. The average molecular weight is 444 g/mol. The Labute approximate surface area is 149 Å². The highest BCUT2D eigenvalue weighted by Crippen LogP contribution is 2.24. The molecule has 0 spiro atoms. The smallest absolute Gasteiger partial charge is 0.255 e. The van der Waals surface area contributed by atoms with E-state index in [4.69, 9.17) is 5.14 Å². The van der Waals surface area contributed by atoms with Crippen LogP contribution in [0, 0.1) is 3.57 Å². The number of amides is 1. The van der Waals surface area contributed by atoms with E-state index in [1.807, 2.05) is 25.1 Å². The van der Waals surface area contributed by atoms with Crippen LogP contribution in [0.3, 0.4) is 0 Å². The summed E-state index contributed by atoms with van der Waals surface area (Å²) in [7, 11) is -2.07. The summed E-state index contributed by atoms with van der Waals surface area (Å²) in [5, 5.41) is 5.16. The second kappa shape index (κ2) is 6.98. The minimum atomic E-state index is -3.77. The average Bonchev–Trinajstić information content (AvgIpc) is 2.52. The van der Waals surface area contributed by atoms with Crippen LogP contribution in [0.1, 0.15) is 28.9 Å². The molecule has 2 aromatic carbocycles. The monoisotopic (exact) mass is 444 g/mol. The van der Waals surface area contributed by atoms with E-state index >= 15 is 0 Å². The molecule has 0 bridgehead atoms. The number of hydrogen-bond acceptors (Lipinski definition) is 3. The van der Waals surface area contributed by atoms with E-state index in [1.54, 1.807) is 30.1 Å². The molecule has 1 atom stereocenters.